The van der Waals surface area contributed by atoms with Crippen molar-refractivity contribution in [3.05, 3.63) is 34.8 Å². The summed E-state index contributed by atoms with van der Waals surface area (Å²) in [4.78, 5) is 21.8. The van der Waals surface area contributed by atoms with E-state index in [0.717, 1.165) is 30.7 Å². The number of imidazole rings is 1. The van der Waals surface area contributed by atoms with Crippen LogP contribution in [-0.4, -0.2) is 26.5 Å². The number of amides is 1. The lowest BCUT2D eigenvalue weighted by Crippen LogP contribution is -2.37. The Morgan fingerprint density at radius 3 is 2.96 bits per heavy atom. The van der Waals surface area contributed by atoms with Gasteiger partial charge in [-0.1, -0.05) is 20.8 Å². The molecule has 2 aromatic rings. The second kappa shape index (κ2) is 6.43. The second-order valence-corrected chi connectivity index (χ2v) is 8.56. The molecule has 0 spiro atoms. The summed E-state index contributed by atoms with van der Waals surface area (Å²) in [5.41, 5.74) is 0.184. The van der Waals surface area contributed by atoms with Gasteiger partial charge in [0.15, 0.2) is 0 Å². The fourth-order valence-corrected chi connectivity index (χ4v) is 4.24. The Morgan fingerprint density at radius 1 is 1.43 bits per heavy atom. The number of nitrogens with zero attached hydrogens (tertiary/aromatic N) is 3. The molecule has 0 aliphatic heterocycles. The molecule has 1 amide bonds. The molecule has 1 N–H and O–H groups in total. The van der Waals surface area contributed by atoms with E-state index in [9.17, 15) is 4.79 Å². The number of rotatable bonds is 4. The van der Waals surface area contributed by atoms with Crippen molar-refractivity contribution in [1.82, 2.24) is 19.9 Å². The second-order valence-electron chi connectivity index (χ2n) is 7.44. The quantitative estimate of drug-likeness (QED) is 0.933. The van der Waals surface area contributed by atoms with E-state index in [-0.39, 0.29) is 17.4 Å². The van der Waals surface area contributed by atoms with Crippen LogP contribution in [0.25, 0.3) is 0 Å². The van der Waals surface area contributed by atoms with Gasteiger partial charge in [0.05, 0.1) is 23.6 Å². The maximum absolute atomic E-state index is 12.5. The topological polar surface area (TPSA) is 59.8 Å². The molecule has 1 aliphatic rings. The van der Waals surface area contributed by atoms with Crippen LogP contribution in [0.3, 0.4) is 0 Å². The molecule has 5 nitrogen and oxygen atoms in total. The highest BCUT2D eigenvalue weighted by molar-refractivity contribution is 7.13. The van der Waals surface area contributed by atoms with Crippen molar-refractivity contribution in [2.45, 2.75) is 58.5 Å². The minimum Gasteiger partial charge on any atom is -0.346 e. The standard InChI is InChI=1S/C17H24N4OS/c1-17(2,3)9-15-19-10-14(23-15)16(22)20-12-5-4-6-13(12)21-8-7-18-11-21/h7-8,10-13H,4-6,9H2,1-3H3,(H,20,22)/t12-,13+/m1/s1. The Balaban J connectivity index is 1.65. The summed E-state index contributed by atoms with van der Waals surface area (Å²) in [6.45, 7) is 6.55. The molecular formula is C17H24N4OS. The highest BCUT2D eigenvalue weighted by Gasteiger charge is 2.30. The largest absolute Gasteiger partial charge is 0.346 e. The monoisotopic (exact) mass is 332 g/mol. The third kappa shape index (κ3) is 3.99. The first kappa shape index (κ1) is 16.2. The van der Waals surface area contributed by atoms with Crippen LogP contribution in [-0.2, 0) is 6.42 Å². The number of hydrogen-bond donors (Lipinski definition) is 1. The molecule has 0 radical (unpaired) electrons. The van der Waals surface area contributed by atoms with E-state index in [1.54, 1.807) is 12.4 Å². The van der Waals surface area contributed by atoms with Gasteiger partial charge < -0.3 is 9.88 Å². The molecule has 124 valence electrons. The zero-order chi connectivity index (χ0) is 16.4. The minimum atomic E-state index is -0.000301. The Hall–Kier alpha value is -1.69. The number of thiazole rings is 1. The molecule has 1 fully saturated rings. The van der Waals surface area contributed by atoms with Crippen molar-refractivity contribution in [1.29, 1.82) is 0 Å². The Labute approximate surface area is 141 Å². The maximum Gasteiger partial charge on any atom is 0.263 e. The smallest absolute Gasteiger partial charge is 0.263 e. The van der Waals surface area contributed by atoms with Gasteiger partial charge in [-0.25, -0.2) is 9.97 Å². The number of aromatic nitrogens is 3. The van der Waals surface area contributed by atoms with Crippen LogP contribution in [0.4, 0.5) is 0 Å². The summed E-state index contributed by atoms with van der Waals surface area (Å²) in [5.74, 6) is -0.000301. The highest BCUT2D eigenvalue weighted by Crippen LogP contribution is 2.30. The lowest BCUT2D eigenvalue weighted by molar-refractivity contribution is 0.0933. The van der Waals surface area contributed by atoms with E-state index < -0.39 is 0 Å². The van der Waals surface area contributed by atoms with Gasteiger partial charge in [0.1, 0.15) is 4.88 Å². The SMILES string of the molecule is CC(C)(C)Cc1ncc(C(=O)N[C@@H]2CCC[C@@H]2n2ccnc2)s1. The molecule has 1 aliphatic carbocycles. The van der Waals surface area contributed by atoms with Gasteiger partial charge in [0, 0.05) is 24.9 Å². The Morgan fingerprint density at radius 2 is 2.26 bits per heavy atom. The van der Waals surface area contributed by atoms with Gasteiger partial charge in [-0.2, -0.15) is 0 Å². The number of nitrogens with one attached hydrogen (secondary N) is 1. The highest BCUT2D eigenvalue weighted by atomic mass is 32.1. The van der Waals surface area contributed by atoms with Gasteiger partial charge in [-0.3, -0.25) is 4.79 Å². The van der Waals surface area contributed by atoms with Crippen LogP contribution in [0, 0.1) is 5.41 Å². The molecule has 2 aromatic heterocycles. The molecule has 0 bridgehead atoms. The zero-order valence-electron chi connectivity index (χ0n) is 14.0. The Kier molecular flexibility index (Phi) is 4.53. The summed E-state index contributed by atoms with van der Waals surface area (Å²) < 4.78 is 2.11. The van der Waals surface area contributed by atoms with Crippen LogP contribution in [0.15, 0.2) is 24.9 Å². The van der Waals surface area contributed by atoms with E-state index >= 15 is 0 Å². The first-order valence-electron chi connectivity index (χ1n) is 8.15. The van der Waals surface area contributed by atoms with E-state index in [4.69, 9.17) is 0 Å². The summed E-state index contributed by atoms with van der Waals surface area (Å²) >= 11 is 1.51. The van der Waals surface area contributed by atoms with Crippen molar-refractivity contribution >= 4 is 17.2 Å². The van der Waals surface area contributed by atoms with Gasteiger partial charge in [0.2, 0.25) is 0 Å². The van der Waals surface area contributed by atoms with Crippen molar-refractivity contribution in [2.75, 3.05) is 0 Å². The molecular weight excluding hydrogens is 308 g/mol. The fraction of sp³-hybridized carbons (Fsp3) is 0.588. The van der Waals surface area contributed by atoms with Crippen molar-refractivity contribution in [2.24, 2.45) is 5.41 Å². The first-order valence-corrected chi connectivity index (χ1v) is 8.97. The Bertz CT molecular complexity index is 656. The van der Waals surface area contributed by atoms with Crippen LogP contribution >= 0.6 is 11.3 Å². The van der Waals surface area contributed by atoms with Gasteiger partial charge in [0.25, 0.3) is 5.91 Å². The lowest BCUT2D eigenvalue weighted by atomic mass is 9.93. The number of hydrogen-bond acceptors (Lipinski definition) is 4. The average Bonchev–Trinajstić information content (AvgIpc) is 3.16. The molecule has 0 saturated heterocycles. The summed E-state index contributed by atoms with van der Waals surface area (Å²) in [5, 5.41) is 4.22. The third-order valence-electron chi connectivity index (χ3n) is 4.16. The molecule has 3 rings (SSSR count). The fourth-order valence-electron chi connectivity index (χ4n) is 3.12. The van der Waals surface area contributed by atoms with Gasteiger partial charge in [-0.05, 0) is 24.7 Å². The van der Waals surface area contributed by atoms with Gasteiger partial charge in [-0.15, -0.1) is 11.3 Å². The van der Waals surface area contributed by atoms with Crippen LogP contribution in [0.5, 0.6) is 0 Å². The molecule has 6 heteroatoms. The minimum absolute atomic E-state index is 0.000301. The maximum atomic E-state index is 12.5. The van der Waals surface area contributed by atoms with Crippen molar-refractivity contribution < 1.29 is 4.79 Å². The molecule has 0 aromatic carbocycles. The molecule has 23 heavy (non-hydrogen) atoms. The average molecular weight is 332 g/mol. The van der Waals surface area contributed by atoms with Crippen LogP contribution in [0.1, 0.15) is 60.8 Å². The van der Waals surface area contributed by atoms with E-state index in [2.05, 4.69) is 40.6 Å². The lowest BCUT2D eigenvalue weighted by Gasteiger charge is -2.21. The van der Waals surface area contributed by atoms with E-state index in [1.165, 1.54) is 11.3 Å². The molecule has 2 atom stereocenters. The molecule has 0 unspecified atom stereocenters. The number of carbonyl (C=O) groups is 1. The zero-order valence-corrected chi connectivity index (χ0v) is 14.8. The summed E-state index contributed by atoms with van der Waals surface area (Å²) in [6, 6.07) is 0.480. The predicted octanol–water partition coefficient (Wildman–Crippen LogP) is 3.45. The van der Waals surface area contributed by atoms with E-state index in [0.29, 0.717) is 10.9 Å². The van der Waals surface area contributed by atoms with Gasteiger partial charge >= 0.3 is 0 Å². The van der Waals surface area contributed by atoms with Crippen LogP contribution in [0.2, 0.25) is 0 Å². The summed E-state index contributed by atoms with van der Waals surface area (Å²) in [7, 11) is 0. The van der Waals surface area contributed by atoms with E-state index in [1.807, 2.05) is 12.5 Å². The molecule has 1 saturated carbocycles. The molecule has 2 heterocycles. The predicted molar refractivity (Wildman–Crippen MR) is 91.6 cm³/mol. The first-order chi connectivity index (χ1) is 10.9. The number of carbonyl (C=O) groups excluding carboxylic acids is 1. The summed E-state index contributed by atoms with van der Waals surface area (Å²) in [6.07, 6.45) is 11.4. The van der Waals surface area contributed by atoms with Crippen molar-refractivity contribution in [3.63, 3.8) is 0 Å². The third-order valence-corrected chi connectivity index (χ3v) is 5.16. The van der Waals surface area contributed by atoms with Crippen molar-refractivity contribution in [3.8, 4) is 0 Å². The normalized spacial score (nSPS) is 21.5. The van der Waals surface area contributed by atoms with Crippen LogP contribution < -0.4 is 5.32 Å².